The summed E-state index contributed by atoms with van der Waals surface area (Å²) in [6.45, 7) is 0.211. The van der Waals surface area contributed by atoms with E-state index in [0.717, 1.165) is 5.56 Å². The van der Waals surface area contributed by atoms with Crippen LogP contribution < -0.4 is 9.47 Å². The van der Waals surface area contributed by atoms with Crippen molar-refractivity contribution in [2.45, 2.75) is 6.42 Å². The number of benzene rings is 1. The van der Waals surface area contributed by atoms with Gasteiger partial charge in [-0.25, -0.2) is 0 Å². The van der Waals surface area contributed by atoms with Crippen molar-refractivity contribution >= 4 is 5.97 Å². The van der Waals surface area contributed by atoms with Crippen molar-refractivity contribution in [3.63, 3.8) is 0 Å². The van der Waals surface area contributed by atoms with Crippen LogP contribution >= 0.6 is 0 Å². The molecule has 0 radical (unpaired) electrons. The van der Waals surface area contributed by atoms with Crippen LogP contribution in [0.4, 0.5) is 0 Å². The van der Waals surface area contributed by atoms with Gasteiger partial charge in [0.05, 0.1) is 13.0 Å². The molecule has 80 valence electrons. The zero-order chi connectivity index (χ0) is 10.8. The largest absolute Gasteiger partial charge is 0.493 e. The minimum atomic E-state index is -0.816. The van der Waals surface area contributed by atoms with Crippen molar-refractivity contribution in [3.8, 4) is 11.5 Å². The van der Waals surface area contributed by atoms with Gasteiger partial charge >= 0.3 is 5.97 Å². The molecule has 1 N–H and O–H groups in total. The molecule has 1 aliphatic heterocycles. The normalized spacial score (nSPS) is 18.9. The van der Waals surface area contributed by atoms with E-state index >= 15 is 0 Å². The second-order valence-corrected chi connectivity index (χ2v) is 3.50. The van der Waals surface area contributed by atoms with Gasteiger partial charge in [-0.15, -0.1) is 0 Å². The Bertz CT molecular complexity index is 386. The molecule has 2 rings (SSSR count). The second kappa shape index (κ2) is 3.81. The quantitative estimate of drug-likeness (QED) is 0.796. The molecular weight excluding hydrogens is 196 g/mol. The number of hydrogen-bond acceptors (Lipinski definition) is 3. The van der Waals surface area contributed by atoms with E-state index in [4.69, 9.17) is 14.6 Å². The van der Waals surface area contributed by atoms with Crippen LogP contribution in [-0.4, -0.2) is 24.8 Å². The zero-order valence-electron chi connectivity index (χ0n) is 8.40. The third-order valence-electron chi connectivity index (χ3n) is 2.52. The lowest BCUT2D eigenvalue weighted by Crippen LogP contribution is -2.28. The molecule has 0 saturated heterocycles. The van der Waals surface area contributed by atoms with E-state index in [2.05, 4.69) is 0 Å². The highest BCUT2D eigenvalue weighted by atomic mass is 16.5. The first-order valence-electron chi connectivity index (χ1n) is 4.74. The average Bonchev–Trinajstić information content (AvgIpc) is 2.27. The number of rotatable bonds is 2. The molecule has 0 bridgehead atoms. The van der Waals surface area contributed by atoms with Gasteiger partial charge in [0.15, 0.2) is 11.5 Å². The number of ether oxygens (including phenoxy) is 2. The molecule has 0 unspecified atom stereocenters. The van der Waals surface area contributed by atoms with Crippen molar-refractivity contribution in [1.82, 2.24) is 0 Å². The molecule has 1 atom stereocenters. The number of fused-ring (bicyclic) bond motifs is 1. The molecule has 0 saturated carbocycles. The van der Waals surface area contributed by atoms with Crippen LogP contribution in [0.5, 0.6) is 11.5 Å². The summed E-state index contributed by atoms with van der Waals surface area (Å²) < 4.78 is 10.5. The Hall–Kier alpha value is -1.71. The number of carbonyl (C=O) groups is 1. The van der Waals surface area contributed by atoms with Crippen LogP contribution in [0.2, 0.25) is 0 Å². The number of aliphatic carboxylic acids is 1. The first-order chi connectivity index (χ1) is 7.22. The summed E-state index contributed by atoms with van der Waals surface area (Å²) in [6.07, 6.45) is 0.502. The molecule has 0 spiro atoms. The maximum absolute atomic E-state index is 10.8. The molecule has 1 heterocycles. The van der Waals surface area contributed by atoms with E-state index in [1.165, 1.54) is 0 Å². The van der Waals surface area contributed by atoms with Gasteiger partial charge in [-0.1, -0.05) is 12.1 Å². The zero-order valence-corrected chi connectivity index (χ0v) is 8.40. The number of para-hydroxylation sites is 1. The number of hydrogen-bond donors (Lipinski definition) is 1. The Labute approximate surface area is 87.4 Å². The maximum atomic E-state index is 10.8. The lowest BCUT2D eigenvalue weighted by molar-refractivity contribution is -0.143. The van der Waals surface area contributed by atoms with Crippen molar-refractivity contribution in [3.05, 3.63) is 23.8 Å². The molecule has 0 amide bonds. The summed E-state index contributed by atoms with van der Waals surface area (Å²) in [7, 11) is 1.57. The summed E-state index contributed by atoms with van der Waals surface area (Å²) in [5.41, 5.74) is 0.896. The van der Waals surface area contributed by atoms with Crippen LogP contribution in [0.3, 0.4) is 0 Å². The van der Waals surface area contributed by atoms with Crippen molar-refractivity contribution in [2.24, 2.45) is 5.92 Å². The highest BCUT2D eigenvalue weighted by Gasteiger charge is 2.27. The fourth-order valence-electron chi connectivity index (χ4n) is 1.71. The van der Waals surface area contributed by atoms with Gasteiger partial charge in [0, 0.05) is 0 Å². The predicted octanol–water partition coefficient (Wildman–Crippen LogP) is 1.33. The van der Waals surface area contributed by atoms with Crippen molar-refractivity contribution in [2.75, 3.05) is 13.7 Å². The Morgan fingerprint density at radius 3 is 3.07 bits per heavy atom. The van der Waals surface area contributed by atoms with Crippen LogP contribution in [0.25, 0.3) is 0 Å². The minimum Gasteiger partial charge on any atom is -0.493 e. The number of carboxylic acids is 1. The Kier molecular flexibility index (Phi) is 2.49. The molecule has 0 aromatic heterocycles. The third kappa shape index (κ3) is 1.75. The van der Waals surface area contributed by atoms with Gasteiger partial charge in [-0.2, -0.15) is 0 Å². The lowest BCUT2D eigenvalue weighted by Gasteiger charge is -2.23. The highest BCUT2D eigenvalue weighted by molar-refractivity contribution is 5.71. The van der Waals surface area contributed by atoms with Crippen molar-refractivity contribution in [1.29, 1.82) is 0 Å². The standard InChI is InChI=1S/C11H12O4/c1-14-9-4-2-3-7-5-8(11(12)13)6-15-10(7)9/h2-4,8H,5-6H2,1H3,(H,12,13)/t8-/m0/s1. The van der Waals surface area contributed by atoms with Gasteiger partial charge in [-0.05, 0) is 18.1 Å². The fraction of sp³-hybridized carbons (Fsp3) is 0.364. The van der Waals surface area contributed by atoms with Crippen LogP contribution in [0, 0.1) is 5.92 Å². The van der Waals surface area contributed by atoms with Crippen LogP contribution in [0.1, 0.15) is 5.56 Å². The van der Waals surface area contributed by atoms with Gasteiger partial charge < -0.3 is 14.6 Å². The van der Waals surface area contributed by atoms with Crippen LogP contribution in [0.15, 0.2) is 18.2 Å². The smallest absolute Gasteiger partial charge is 0.310 e. The Balaban J connectivity index is 2.31. The molecule has 1 aromatic carbocycles. The maximum Gasteiger partial charge on any atom is 0.310 e. The summed E-state index contributed by atoms with van der Waals surface area (Å²) in [5.74, 6) is 0.0712. The van der Waals surface area contributed by atoms with Gasteiger partial charge in [0.1, 0.15) is 6.61 Å². The summed E-state index contributed by atoms with van der Waals surface area (Å²) in [4.78, 5) is 10.8. The van der Waals surface area contributed by atoms with Crippen molar-refractivity contribution < 1.29 is 19.4 Å². The third-order valence-corrected chi connectivity index (χ3v) is 2.52. The van der Waals surface area contributed by atoms with E-state index < -0.39 is 11.9 Å². The highest BCUT2D eigenvalue weighted by Crippen LogP contribution is 2.35. The first kappa shape index (κ1) is 9.83. The van der Waals surface area contributed by atoms with Crippen LogP contribution in [-0.2, 0) is 11.2 Å². The lowest BCUT2D eigenvalue weighted by atomic mass is 9.97. The monoisotopic (exact) mass is 208 g/mol. The topological polar surface area (TPSA) is 55.8 Å². The summed E-state index contributed by atoms with van der Waals surface area (Å²) in [5, 5.41) is 8.88. The summed E-state index contributed by atoms with van der Waals surface area (Å²) in [6, 6.07) is 5.51. The second-order valence-electron chi connectivity index (χ2n) is 3.50. The minimum absolute atomic E-state index is 0.211. The number of methoxy groups -OCH3 is 1. The molecule has 1 aliphatic rings. The van der Waals surface area contributed by atoms with E-state index in [1.54, 1.807) is 13.2 Å². The van der Waals surface area contributed by atoms with Gasteiger partial charge in [0.25, 0.3) is 0 Å². The van der Waals surface area contributed by atoms with E-state index in [-0.39, 0.29) is 6.61 Å². The van der Waals surface area contributed by atoms with Gasteiger partial charge in [0.2, 0.25) is 0 Å². The van der Waals surface area contributed by atoms with E-state index in [0.29, 0.717) is 17.9 Å². The summed E-state index contributed by atoms with van der Waals surface area (Å²) >= 11 is 0. The Morgan fingerprint density at radius 1 is 1.60 bits per heavy atom. The first-order valence-corrected chi connectivity index (χ1v) is 4.74. The molecular formula is C11H12O4. The van der Waals surface area contributed by atoms with E-state index in [9.17, 15) is 4.79 Å². The molecule has 0 fully saturated rings. The fourth-order valence-corrected chi connectivity index (χ4v) is 1.71. The molecule has 1 aromatic rings. The SMILES string of the molecule is COc1cccc2c1OC[C@@H](C(=O)O)C2. The molecule has 15 heavy (non-hydrogen) atoms. The average molecular weight is 208 g/mol. The van der Waals surface area contributed by atoms with E-state index in [1.807, 2.05) is 12.1 Å². The Morgan fingerprint density at radius 2 is 2.40 bits per heavy atom. The predicted molar refractivity (Wildman–Crippen MR) is 53.3 cm³/mol. The molecule has 4 heteroatoms. The molecule has 4 nitrogen and oxygen atoms in total. The molecule has 0 aliphatic carbocycles. The van der Waals surface area contributed by atoms with Gasteiger partial charge in [-0.3, -0.25) is 4.79 Å². The number of carboxylic acid groups (broad SMARTS) is 1.